The maximum atomic E-state index is 9.63. The second-order valence-electron chi connectivity index (χ2n) is 1.03. The Labute approximate surface area is 55.6 Å². The first-order chi connectivity index (χ1) is 4.27. The molecule has 0 amide bonds. The lowest BCUT2D eigenvalue weighted by molar-refractivity contribution is -0.142. The van der Waals surface area contributed by atoms with Crippen LogP contribution in [0.1, 0.15) is 20.8 Å². The first kappa shape index (κ1) is 11.3. The molecule has 0 fully saturated rings. The summed E-state index contributed by atoms with van der Waals surface area (Å²) in [6.45, 7) is 6.03. The van der Waals surface area contributed by atoms with Crippen LogP contribution in [0.25, 0.3) is 0 Å². The Morgan fingerprint density at radius 3 is 2.11 bits per heavy atom. The van der Waals surface area contributed by atoms with Crippen LogP contribution in [0.15, 0.2) is 0 Å². The lowest BCUT2D eigenvalue weighted by Gasteiger charge is -1.90. The quantitative estimate of drug-likeness (QED) is 0.629. The Hall–Kier alpha value is -0.570. The summed E-state index contributed by atoms with van der Waals surface area (Å²) >= 11 is 0. The summed E-state index contributed by atoms with van der Waals surface area (Å²) < 4.78 is 4.50. The summed E-state index contributed by atoms with van der Waals surface area (Å²) in [6.07, 6.45) is 0. The van der Waals surface area contributed by atoms with Crippen LogP contribution < -0.4 is 0 Å². The Kier molecular flexibility index (Phi) is 13.0. The van der Waals surface area contributed by atoms with Gasteiger partial charge in [-0.05, 0) is 6.92 Å². The highest BCUT2D eigenvalue weighted by Crippen LogP contribution is 1.69. The van der Waals surface area contributed by atoms with E-state index in [2.05, 4.69) is 4.74 Å². The third-order valence-electron chi connectivity index (χ3n) is 0.430. The number of aliphatic carboxylic acids is 1. The van der Waals surface area contributed by atoms with Crippen molar-refractivity contribution >= 4 is 5.97 Å². The van der Waals surface area contributed by atoms with E-state index in [4.69, 9.17) is 5.11 Å². The molecule has 0 aliphatic rings. The average molecular weight is 134 g/mol. The van der Waals surface area contributed by atoms with Crippen molar-refractivity contribution in [2.45, 2.75) is 20.8 Å². The fraction of sp³-hybridized carbons (Fsp3) is 0.833. The maximum absolute atomic E-state index is 9.63. The molecule has 0 spiro atoms. The van der Waals surface area contributed by atoms with E-state index in [1.54, 1.807) is 6.92 Å². The van der Waals surface area contributed by atoms with Crippen LogP contribution >= 0.6 is 0 Å². The zero-order valence-electron chi connectivity index (χ0n) is 6.18. The van der Waals surface area contributed by atoms with Gasteiger partial charge in [0.25, 0.3) is 0 Å². The molecule has 0 radical (unpaired) electrons. The number of carboxylic acid groups (broad SMARTS) is 1. The molecule has 9 heavy (non-hydrogen) atoms. The van der Waals surface area contributed by atoms with E-state index in [0.717, 1.165) is 0 Å². The molecule has 0 aliphatic heterocycles. The highest BCUT2D eigenvalue weighted by atomic mass is 16.5. The molecule has 0 heterocycles. The third kappa shape index (κ3) is 18.6. The lowest BCUT2D eigenvalue weighted by atomic mass is 10.7. The minimum atomic E-state index is -0.915. The van der Waals surface area contributed by atoms with E-state index < -0.39 is 5.97 Å². The van der Waals surface area contributed by atoms with E-state index in [9.17, 15) is 4.79 Å². The maximum Gasteiger partial charge on any atom is 0.329 e. The molecule has 0 aromatic rings. The van der Waals surface area contributed by atoms with Crippen molar-refractivity contribution in [2.24, 2.45) is 0 Å². The van der Waals surface area contributed by atoms with Crippen LogP contribution in [0.5, 0.6) is 0 Å². The van der Waals surface area contributed by atoms with Crippen LogP contribution in [0.3, 0.4) is 0 Å². The molecule has 0 unspecified atom stereocenters. The molecule has 3 nitrogen and oxygen atoms in total. The van der Waals surface area contributed by atoms with E-state index >= 15 is 0 Å². The number of ether oxygens (including phenoxy) is 1. The SMILES string of the molecule is CC.CCOCC(=O)O. The van der Waals surface area contributed by atoms with Gasteiger partial charge in [-0.3, -0.25) is 0 Å². The summed E-state index contributed by atoms with van der Waals surface area (Å²) in [5.41, 5.74) is 0. The van der Waals surface area contributed by atoms with Gasteiger partial charge < -0.3 is 9.84 Å². The van der Waals surface area contributed by atoms with Crippen molar-refractivity contribution in [1.29, 1.82) is 0 Å². The Bertz CT molecular complexity index is 61.3. The van der Waals surface area contributed by atoms with Gasteiger partial charge in [0.05, 0.1) is 0 Å². The molecule has 3 heteroatoms. The van der Waals surface area contributed by atoms with Gasteiger partial charge in [-0.25, -0.2) is 4.79 Å². The molecule has 0 bridgehead atoms. The second-order valence-corrected chi connectivity index (χ2v) is 1.03. The molecular weight excluding hydrogens is 120 g/mol. The van der Waals surface area contributed by atoms with Gasteiger partial charge in [0.15, 0.2) is 0 Å². The predicted octanol–water partition coefficient (Wildman–Crippen LogP) is 1.13. The molecule has 0 rings (SSSR count). The summed E-state index contributed by atoms with van der Waals surface area (Å²) in [7, 11) is 0. The Morgan fingerprint density at radius 2 is 2.00 bits per heavy atom. The summed E-state index contributed by atoms with van der Waals surface area (Å²) in [5, 5.41) is 7.92. The molecule has 0 aromatic carbocycles. The van der Waals surface area contributed by atoms with Crippen molar-refractivity contribution in [1.82, 2.24) is 0 Å². The predicted molar refractivity (Wildman–Crippen MR) is 35.5 cm³/mol. The van der Waals surface area contributed by atoms with Gasteiger partial charge in [0.1, 0.15) is 6.61 Å². The highest BCUT2D eigenvalue weighted by molar-refractivity contribution is 5.67. The van der Waals surface area contributed by atoms with Crippen LogP contribution in [-0.2, 0) is 9.53 Å². The Morgan fingerprint density at radius 1 is 1.56 bits per heavy atom. The van der Waals surface area contributed by atoms with Crippen molar-refractivity contribution in [2.75, 3.05) is 13.2 Å². The molecule has 0 saturated heterocycles. The topological polar surface area (TPSA) is 46.5 Å². The first-order valence-electron chi connectivity index (χ1n) is 3.07. The second kappa shape index (κ2) is 10.4. The van der Waals surface area contributed by atoms with Gasteiger partial charge in [0.2, 0.25) is 0 Å². The zero-order valence-corrected chi connectivity index (χ0v) is 6.18. The van der Waals surface area contributed by atoms with E-state index in [1.165, 1.54) is 0 Å². The zero-order chi connectivity index (χ0) is 7.70. The van der Waals surface area contributed by atoms with Crippen molar-refractivity contribution in [3.63, 3.8) is 0 Å². The van der Waals surface area contributed by atoms with E-state index in [1.807, 2.05) is 13.8 Å². The highest BCUT2D eigenvalue weighted by Gasteiger charge is 1.90. The summed E-state index contributed by atoms with van der Waals surface area (Å²) in [4.78, 5) is 9.63. The fourth-order valence-electron chi connectivity index (χ4n) is 0.189. The third-order valence-corrected chi connectivity index (χ3v) is 0.430. The molecule has 56 valence electrons. The molecular formula is C6H14O3. The summed E-state index contributed by atoms with van der Waals surface area (Å²) in [5.74, 6) is -0.915. The van der Waals surface area contributed by atoms with Gasteiger partial charge in [-0.15, -0.1) is 0 Å². The van der Waals surface area contributed by atoms with E-state index in [0.29, 0.717) is 6.61 Å². The minimum Gasteiger partial charge on any atom is -0.480 e. The smallest absolute Gasteiger partial charge is 0.329 e. The lowest BCUT2D eigenvalue weighted by Crippen LogP contribution is -2.05. The van der Waals surface area contributed by atoms with Crippen LogP contribution in [-0.4, -0.2) is 24.3 Å². The largest absolute Gasteiger partial charge is 0.480 e. The molecule has 0 aliphatic carbocycles. The normalized spacial score (nSPS) is 7.44. The minimum absolute atomic E-state index is 0.184. The summed E-state index contributed by atoms with van der Waals surface area (Å²) in [6, 6.07) is 0. The number of carboxylic acids is 1. The molecule has 0 atom stereocenters. The number of carbonyl (C=O) groups is 1. The van der Waals surface area contributed by atoms with E-state index in [-0.39, 0.29) is 6.61 Å². The van der Waals surface area contributed by atoms with Crippen LogP contribution in [0, 0.1) is 0 Å². The molecule has 0 saturated carbocycles. The average Bonchev–Trinajstić information content (AvgIpc) is 1.88. The van der Waals surface area contributed by atoms with Gasteiger partial charge in [-0.1, -0.05) is 13.8 Å². The molecule has 1 N–H and O–H groups in total. The number of hydrogen-bond acceptors (Lipinski definition) is 2. The van der Waals surface area contributed by atoms with Gasteiger partial charge in [0, 0.05) is 6.61 Å². The number of hydrogen-bond donors (Lipinski definition) is 1. The van der Waals surface area contributed by atoms with Crippen molar-refractivity contribution in [3.8, 4) is 0 Å². The van der Waals surface area contributed by atoms with Gasteiger partial charge >= 0.3 is 5.97 Å². The monoisotopic (exact) mass is 134 g/mol. The van der Waals surface area contributed by atoms with Crippen LogP contribution in [0.4, 0.5) is 0 Å². The van der Waals surface area contributed by atoms with Crippen molar-refractivity contribution in [3.05, 3.63) is 0 Å². The first-order valence-corrected chi connectivity index (χ1v) is 3.07. The van der Waals surface area contributed by atoms with Gasteiger partial charge in [-0.2, -0.15) is 0 Å². The molecule has 0 aromatic heterocycles. The standard InChI is InChI=1S/C4H8O3.C2H6/c1-2-7-3-4(5)6;1-2/h2-3H2,1H3,(H,5,6);1-2H3. The number of rotatable bonds is 3. The fourth-order valence-corrected chi connectivity index (χ4v) is 0.189. The van der Waals surface area contributed by atoms with Crippen LogP contribution in [0.2, 0.25) is 0 Å². The van der Waals surface area contributed by atoms with Crippen molar-refractivity contribution < 1.29 is 14.6 Å². The Balaban J connectivity index is 0.